The second-order valence-corrected chi connectivity index (χ2v) is 5.83. The molecule has 19 heavy (non-hydrogen) atoms. The summed E-state index contributed by atoms with van der Waals surface area (Å²) < 4.78 is 5.59. The molecule has 0 amide bonds. The number of anilines is 1. The molecule has 0 bridgehead atoms. The van der Waals surface area contributed by atoms with E-state index in [4.69, 9.17) is 16.3 Å². The van der Waals surface area contributed by atoms with E-state index in [2.05, 4.69) is 25.2 Å². The molecule has 2 unspecified atom stereocenters. The summed E-state index contributed by atoms with van der Waals surface area (Å²) in [5.41, 5.74) is 1.11. The molecule has 1 aliphatic rings. The summed E-state index contributed by atoms with van der Waals surface area (Å²) in [5, 5.41) is 4.29. The zero-order valence-corrected chi connectivity index (χ0v) is 12.7. The van der Waals surface area contributed by atoms with Crippen LogP contribution in [0.5, 0.6) is 5.75 Å². The first-order chi connectivity index (χ1) is 9.22. The van der Waals surface area contributed by atoms with Crippen LogP contribution in [0.15, 0.2) is 18.2 Å². The lowest BCUT2D eigenvalue weighted by molar-refractivity contribution is 0.317. The zero-order valence-electron chi connectivity index (χ0n) is 11.9. The molecule has 1 saturated carbocycles. The van der Waals surface area contributed by atoms with Gasteiger partial charge in [0.05, 0.1) is 11.6 Å². The van der Waals surface area contributed by atoms with E-state index in [1.807, 2.05) is 12.1 Å². The third kappa shape index (κ3) is 4.04. The number of rotatable bonds is 6. The van der Waals surface area contributed by atoms with E-state index < -0.39 is 0 Å². The van der Waals surface area contributed by atoms with Crippen LogP contribution in [-0.2, 0) is 0 Å². The lowest BCUT2D eigenvalue weighted by Crippen LogP contribution is -2.15. The highest BCUT2D eigenvalue weighted by atomic mass is 35.5. The van der Waals surface area contributed by atoms with Crippen molar-refractivity contribution in [1.82, 2.24) is 0 Å². The van der Waals surface area contributed by atoms with Gasteiger partial charge < -0.3 is 10.1 Å². The molecule has 0 heterocycles. The summed E-state index contributed by atoms with van der Waals surface area (Å²) in [4.78, 5) is 0. The number of nitrogens with one attached hydrogen (secondary N) is 1. The maximum Gasteiger partial charge on any atom is 0.138 e. The van der Waals surface area contributed by atoms with E-state index in [0.717, 1.165) is 23.8 Å². The maximum atomic E-state index is 6.24. The van der Waals surface area contributed by atoms with Crippen molar-refractivity contribution in [3.8, 4) is 5.75 Å². The van der Waals surface area contributed by atoms with Gasteiger partial charge in [-0.15, -0.1) is 0 Å². The van der Waals surface area contributed by atoms with Crippen molar-refractivity contribution in [2.45, 2.75) is 52.0 Å². The molecule has 0 spiro atoms. The van der Waals surface area contributed by atoms with Crippen LogP contribution >= 0.6 is 11.6 Å². The molecule has 1 N–H and O–H groups in total. The highest BCUT2D eigenvalue weighted by molar-refractivity contribution is 6.32. The van der Waals surface area contributed by atoms with Crippen LogP contribution in [0.25, 0.3) is 0 Å². The minimum absolute atomic E-state index is 0.600. The predicted molar refractivity (Wildman–Crippen MR) is 82.3 cm³/mol. The fourth-order valence-corrected chi connectivity index (χ4v) is 2.97. The average molecular weight is 282 g/mol. The third-order valence-electron chi connectivity index (χ3n) is 3.88. The van der Waals surface area contributed by atoms with E-state index in [0.29, 0.717) is 17.7 Å². The first kappa shape index (κ1) is 14.5. The molecule has 3 heteroatoms. The molecule has 0 aliphatic heterocycles. The van der Waals surface area contributed by atoms with E-state index >= 15 is 0 Å². The van der Waals surface area contributed by atoms with Crippen molar-refractivity contribution in [2.75, 3.05) is 11.9 Å². The Kier molecular flexibility index (Phi) is 5.38. The van der Waals surface area contributed by atoms with Crippen molar-refractivity contribution < 1.29 is 4.74 Å². The smallest absolute Gasteiger partial charge is 0.138 e. The van der Waals surface area contributed by atoms with E-state index in [9.17, 15) is 0 Å². The molecule has 1 aliphatic carbocycles. The van der Waals surface area contributed by atoms with Crippen molar-refractivity contribution in [1.29, 1.82) is 0 Å². The molecular weight excluding hydrogens is 258 g/mol. The minimum atomic E-state index is 0.600. The van der Waals surface area contributed by atoms with Crippen molar-refractivity contribution in [2.24, 2.45) is 5.92 Å². The second kappa shape index (κ2) is 7.04. The lowest BCUT2D eigenvalue weighted by atomic mass is 10.1. The van der Waals surface area contributed by atoms with Crippen LogP contribution in [-0.4, -0.2) is 12.6 Å². The van der Waals surface area contributed by atoms with Crippen LogP contribution in [0.3, 0.4) is 0 Å². The van der Waals surface area contributed by atoms with Crippen LogP contribution in [0.2, 0.25) is 5.02 Å². The quantitative estimate of drug-likeness (QED) is 0.781. The number of hydrogen-bond donors (Lipinski definition) is 1. The minimum Gasteiger partial charge on any atom is -0.492 e. The molecule has 0 aromatic heterocycles. The third-order valence-corrected chi connectivity index (χ3v) is 4.18. The van der Waals surface area contributed by atoms with Gasteiger partial charge in [0.25, 0.3) is 0 Å². The first-order valence-corrected chi connectivity index (χ1v) is 7.79. The summed E-state index contributed by atoms with van der Waals surface area (Å²) in [7, 11) is 0. The summed E-state index contributed by atoms with van der Waals surface area (Å²) in [6, 6.07) is 6.61. The summed E-state index contributed by atoms with van der Waals surface area (Å²) in [6.45, 7) is 5.09. The summed E-state index contributed by atoms with van der Waals surface area (Å²) in [5.74, 6) is 1.67. The van der Waals surface area contributed by atoms with Gasteiger partial charge in [-0.2, -0.15) is 0 Å². The molecule has 0 radical (unpaired) electrons. The summed E-state index contributed by atoms with van der Waals surface area (Å²) >= 11 is 6.24. The molecule has 106 valence electrons. The first-order valence-electron chi connectivity index (χ1n) is 7.41. The van der Waals surface area contributed by atoms with Crippen LogP contribution in [0, 0.1) is 5.92 Å². The van der Waals surface area contributed by atoms with E-state index in [1.165, 1.54) is 25.7 Å². The summed E-state index contributed by atoms with van der Waals surface area (Å²) in [6.07, 6.45) is 6.19. The van der Waals surface area contributed by atoms with E-state index in [-0.39, 0.29) is 0 Å². The fourth-order valence-electron chi connectivity index (χ4n) is 2.73. The lowest BCUT2D eigenvalue weighted by Gasteiger charge is -2.15. The van der Waals surface area contributed by atoms with Gasteiger partial charge >= 0.3 is 0 Å². The highest BCUT2D eigenvalue weighted by Gasteiger charge is 2.23. The second-order valence-electron chi connectivity index (χ2n) is 5.42. The molecular formula is C16H24ClNO. The Morgan fingerprint density at radius 2 is 2.16 bits per heavy atom. The largest absolute Gasteiger partial charge is 0.492 e. The fraction of sp³-hybridized carbons (Fsp3) is 0.625. The number of benzene rings is 1. The SMILES string of the molecule is CCCOc1ccc(NC2CCC(CC)C2)cc1Cl. The maximum absolute atomic E-state index is 6.24. The Labute approximate surface area is 121 Å². The van der Waals surface area contributed by atoms with Crippen LogP contribution < -0.4 is 10.1 Å². The Balaban J connectivity index is 1.92. The van der Waals surface area contributed by atoms with Crippen LogP contribution in [0.4, 0.5) is 5.69 Å². The molecule has 2 atom stereocenters. The zero-order chi connectivity index (χ0) is 13.7. The van der Waals surface area contributed by atoms with Crippen LogP contribution in [0.1, 0.15) is 46.0 Å². The number of hydrogen-bond acceptors (Lipinski definition) is 2. The van der Waals surface area contributed by atoms with Gasteiger partial charge in [0.1, 0.15) is 5.75 Å². The molecule has 1 aromatic carbocycles. The van der Waals surface area contributed by atoms with Gasteiger partial charge in [-0.05, 0) is 49.8 Å². The van der Waals surface area contributed by atoms with Gasteiger partial charge in [-0.25, -0.2) is 0 Å². The molecule has 2 rings (SSSR count). The number of halogens is 1. The van der Waals surface area contributed by atoms with E-state index in [1.54, 1.807) is 0 Å². The predicted octanol–water partition coefficient (Wildman–Crippen LogP) is 5.12. The molecule has 1 aromatic rings. The molecule has 1 fully saturated rings. The van der Waals surface area contributed by atoms with Gasteiger partial charge in [0.15, 0.2) is 0 Å². The topological polar surface area (TPSA) is 21.3 Å². The standard InChI is InChI=1S/C16H24ClNO/c1-3-9-19-16-8-7-14(11-15(16)17)18-13-6-5-12(4-2)10-13/h7-8,11-13,18H,3-6,9-10H2,1-2H3. The Morgan fingerprint density at radius 3 is 2.79 bits per heavy atom. The van der Waals surface area contributed by atoms with Gasteiger partial charge in [0.2, 0.25) is 0 Å². The van der Waals surface area contributed by atoms with Crippen molar-refractivity contribution in [3.05, 3.63) is 23.2 Å². The Morgan fingerprint density at radius 1 is 1.32 bits per heavy atom. The monoisotopic (exact) mass is 281 g/mol. The van der Waals surface area contributed by atoms with Gasteiger partial charge in [-0.3, -0.25) is 0 Å². The van der Waals surface area contributed by atoms with Gasteiger partial charge in [-0.1, -0.05) is 31.9 Å². The normalized spacial score (nSPS) is 22.5. The molecule has 0 saturated heterocycles. The average Bonchev–Trinajstić information content (AvgIpc) is 2.85. The Bertz CT molecular complexity index is 408. The number of ether oxygens (including phenoxy) is 1. The highest BCUT2D eigenvalue weighted by Crippen LogP contribution is 2.32. The molecule has 2 nitrogen and oxygen atoms in total. The van der Waals surface area contributed by atoms with Crippen molar-refractivity contribution in [3.63, 3.8) is 0 Å². The Hall–Kier alpha value is -0.890. The van der Waals surface area contributed by atoms with Crippen molar-refractivity contribution >= 4 is 17.3 Å². The van der Waals surface area contributed by atoms with Gasteiger partial charge in [0, 0.05) is 11.7 Å².